The molecule has 10 nitrogen and oxygen atoms in total. The van der Waals surface area contributed by atoms with Crippen LogP contribution in [0.1, 0.15) is 70.9 Å². The van der Waals surface area contributed by atoms with Crippen molar-refractivity contribution in [2.45, 2.75) is 83.5 Å². The molecule has 11 heteroatoms. The van der Waals surface area contributed by atoms with Gasteiger partial charge in [0.25, 0.3) is 0 Å². The molecule has 1 saturated carbocycles. The molecule has 2 heterocycles. The van der Waals surface area contributed by atoms with Crippen LogP contribution in [0.5, 0.6) is 0 Å². The van der Waals surface area contributed by atoms with Crippen molar-refractivity contribution in [3.05, 3.63) is 58.6 Å². The molecule has 5 N–H and O–H groups in total. The van der Waals surface area contributed by atoms with Crippen LogP contribution in [0, 0.1) is 11.3 Å². The topological polar surface area (TPSA) is 124 Å². The van der Waals surface area contributed by atoms with E-state index in [1.807, 2.05) is 71.1 Å². The van der Waals surface area contributed by atoms with Crippen molar-refractivity contribution in [3.63, 3.8) is 0 Å². The van der Waals surface area contributed by atoms with Gasteiger partial charge in [-0.25, -0.2) is 4.79 Å². The van der Waals surface area contributed by atoms with Crippen molar-refractivity contribution in [1.82, 2.24) is 21.3 Å². The Labute approximate surface area is 277 Å². The van der Waals surface area contributed by atoms with Gasteiger partial charge in [-0.05, 0) is 73.8 Å². The minimum atomic E-state index is -0.937. The lowest BCUT2D eigenvalue weighted by molar-refractivity contribution is -0.133. The van der Waals surface area contributed by atoms with Gasteiger partial charge in [0.1, 0.15) is 12.2 Å². The number of fused-ring (bicyclic) bond motifs is 1. The second kappa shape index (κ2) is 13.7. The highest BCUT2D eigenvalue weighted by Gasteiger charge is 2.53. The lowest BCUT2D eigenvalue weighted by Gasteiger charge is -2.40. The van der Waals surface area contributed by atoms with Gasteiger partial charge in [-0.2, -0.15) is 0 Å². The molecule has 3 aliphatic rings. The minimum absolute atomic E-state index is 0.0298. The summed E-state index contributed by atoms with van der Waals surface area (Å²) in [6.07, 6.45) is 2.29. The van der Waals surface area contributed by atoms with Gasteiger partial charge in [-0.3, -0.25) is 9.59 Å². The van der Waals surface area contributed by atoms with Gasteiger partial charge in [0, 0.05) is 37.7 Å². The third kappa shape index (κ3) is 6.51. The molecule has 46 heavy (non-hydrogen) atoms. The third-order valence-electron chi connectivity index (χ3n) is 10.1. The maximum absolute atomic E-state index is 14.0. The van der Waals surface area contributed by atoms with Gasteiger partial charge < -0.3 is 36.2 Å². The number of anilines is 2. The second-order valence-corrected chi connectivity index (χ2v) is 14.0. The molecule has 4 amide bonds. The van der Waals surface area contributed by atoms with E-state index in [1.165, 1.54) is 0 Å². The third-order valence-corrected chi connectivity index (χ3v) is 10.4. The fourth-order valence-corrected chi connectivity index (χ4v) is 7.39. The Kier molecular flexibility index (Phi) is 10.1. The monoisotopic (exact) mass is 652 g/mol. The zero-order chi connectivity index (χ0) is 33.2. The highest BCUT2D eigenvalue weighted by Crippen LogP contribution is 2.59. The Bertz CT molecular complexity index is 1440. The van der Waals surface area contributed by atoms with E-state index >= 15 is 0 Å². The predicted octanol–water partition coefficient (Wildman–Crippen LogP) is 4.73. The van der Waals surface area contributed by atoms with Crippen molar-refractivity contribution >= 4 is 40.8 Å². The molecule has 5 atom stereocenters. The smallest absolute Gasteiger partial charge is 0.315 e. The average Bonchev–Trinajstić information content (AvgIpc) is 3.41. The average molecular weight is 653 g/mol. The highest BCUT2D eigenvalue weighted by molar-refractivity contribution is 6.31. The number of halogens is 1. The zero-order valence-corrected chi connectivity index (χ0v) is 28.6. The van der Waals surface area contributed by atoms with Crippen molar-refractivity contribution in [3.8, 4) is 0 Å². The van der Waals surface area contributed by atoms with E-state index in [9.17, 15) is 14.4 Å². The normalized spacial score (nSPS) is 23.1. The molecule has 5 rings (SSSR count). The fourth-order valence-electron chi connectivity index (χ4n) is 7.14. The number of hydrogen-bond donors (Lipinski definition) is 5. The van der Waals surface area contributed by atoms with E-state index in [-0.39, 0.29) is 53.9 Å². The second-order valence-electron chi connectivity index (χ2n) is 13.6. The first-order chi connectivity index (χ1) is 22.0. The molecular formula is C35H49ClN6O4. The summed E-state index contributed by atoms with van der Waals surface area (Å²) in [5.74, 6) is -0.545. The van der Waals surface area contributed by atoms with Crippen LogP contribution in [-0.2, 0) is 19.7 Å². The molecule has 2 fully saturated rings. The van der Waals surface area contributed by atoms with Gasteiger partial charge >= 0.3 is 6.03 Å². The van der Waals surface area contributed by atoms with Crippen molar-refractivity contribution in [1.29, 1.82) is 0 Å². The summed E-state index contributed by atoms with van der Waals surface area (Å²) in [4.78, 5) is 42.2. The van der Waals surface area contributed by atoms with Crippen LogP contribution in [0.4, 0.5) is 16.2 Å². The number of carbonyl (C=O) groups is 3. The number of benzene rings is 2. The maximum atomic E-state index is 14.0. The summed E-state index contributed by atoms with van der Waals surface area (Å²) in [7, 11) is 2.02. The van der Waals surface area contributed by atoms with Crippen LogP contribution in [0.15, 0.2) is 42.5 Å². The van der Waals surface area contributed by atoms with Crippen molar-refractivity contribution < 1.29 is 19.1 Å². The summed E-state index contributed by atoms with van der Waals surface area (Å²) >= 11 is 6.82. The van der Waals surface area contributed by atoms with E-state index in [0.717, 1.165) is 35.3 Å². The van der Waals surface area contributed by atoms with Crippen LogP contribution >= 0.6 is 11.6 Å². The summed E-state index contributed by atoms with van der Waals surface area (Å²) in [6, 6.07) is 12.7. The molecule has 2 aromatic carbocycles. The lowest BCUT2D eigenvalue weighted by atomic mass is 9.77. The largest absolute Gasteiger partial charge is 0.380 e. The molecule has 2 aliphatic heterocycles. The van der Waals surface area contributed by atoms with Crippen LogP contribution in [0.25, 0.3) is 0 Å². The maximum Gasteiger partial charge on any atom is 0.315 e. The Morgan fingerprint density at radius 3 is 2.37 bits per heavy atom. The SMILES string of the molecule is CCNC(=O)N[C@H](C1Nc2cc(C3(C(=O)N[C@@H](C(=O)NCC)C(C)C)CCOC3)ccc2N1C)[C@H](c1ccccc1Cl)C1(C)CC1. The quantitative estimate of drug-likeness (QED) is 0.226. The Morgan fingerprint density at radius 2 is 1.76 bits per heavy atom. The first-order valence-electron chi connectivity index (χ1n) is 16.5. The molecule has 0 aromatic heterocycles. The summed E-state index contributed by atoms with van der Waals surface area (Å²) < 4.78 is 5.83. The number of amides is 4. The van der Waals surface area contributed by atoms with E-state index in [4.69, 9.17) is 16.3 Å². The number of carbonyl (C=O) groups excluding carboxylic acids is 3. The number of nitrogens with zero attached hydrogens (tertiary/aromatic N) is 1. The van der Waals surface area contributed by atoms with Crippen LogP contribution < -0.4 is 31.5 Å². The molecule has 2 unspecified atom stereocenters. The van der Waals surface area contributed by atoms with E-state index < -0.39 is 11.5 Å². The van der Waals surface area contributed by atoms with Crippen LogP contribution in [0.2, 0.25) is 5.02 Å². The van der Waals surface area contributed by atoms with Crippen LogP contribution in [0.3, 0.4) is 0 Å². The molecule has 1 aliphatic carbocycles. The number of nitrogens with one attached hydrogen (secondary N) is 5. The lowest BCUT2D eigenvalue weighted by Crippen LogP contribution is -2.58. The molecular weight excluding hydrogens is 604 g/mol. The van der Waals surface area contributed by atoms with Gasteiger partial charge in [0.05, 0.1) is 29.4 Å². The number of urea groups is 1. The van der Waals surface area contributed by atoms with Gasteiger partial charge in [-0.15, -0.1) is 0 Å². The highest BCUT2D eigenvalue weighted by atomic mass is 35.5. The van der Waals surface area contributed by atoms with Gasteiger partial charge in [0.15, 0.2) is 0 Å². The molecule has 0 bridgehead atoms. The summed E-state index contributed by atoms with van der Waals surface area (Å²) in [5.41, 5.74) is 2.71. The number of rotatable bonds is 12. The van der Waals surface area contributed by atoms with Gasteiger partial charge in [0.2, 0.25) is 11.8 Å². The summed E-state index contributed by atoms with van der Waals surface area (Å²) in [5, 5.41) is 16.5. The first-order valence-corrected chi connectivity index (χ1v) is 16.9. The van der Waals surface area contributed by atoms with E-state index in [2.05, 4.69) is 44.5 Å². The summed E-state index contributed by atoms with van der Waals surface area (Å²) in [6.45, 7) is 11.6. The number of ether oxygens (including phenoxy) is 1. The number of likely N-dealkylation sites (N-methyl/N-ethyl adjacent to an activating group) is 2. The number of hydrogen-bond acceptors (Lipinski definition) is 6. The molecule has 2 aromatic rings. The molecule has 1 saturated heterocycles. The fraction of sp³-hybridized carbons (Fsp3) is 0.571. The van der Waals surface area contributed by atoms with Crippen LogP contribution in [-0.4, -0.2) is 69.4 Å². The first kappa shape index (κ1) is 33.9. The zero-order valence-electron chi connectivity index (χ0n) is 27.8. The minimum Gasteiger partial charge on any atom is -0.380 e. The standard InChI is InChI=1S/C35H49ClN6O4/c1-7-37-31(43)28(21(3)4)40-32(44)35(17-18-46-20-35)22-13-14-26-25(19-22)39-30(42(26)6)29(41-33(45)38-8-2)27(34(5)15-16-34)23-11-9-10-12-24(23)36/h9-14,19,21,27-30,39H,7-8,15-18,20H2,1-6H3,(H,37,43)(H,40,44)(H2,38,41,45)/t27-,28+,29-,30?,35?/m0/s1. The Balaban J connectivity index is 1.48. The van der Waals surface area contributed by atoms with E-state index in [0.29, 0.717) is 31.1 Å². The molecule has 0 spiro atoms. The van der Waals surface area contributed by atoms with Gasteiger partial charge in [-0.1, -0.05) is 56.6 Å². The molecule has 0 radical (unpaired) electrons. The van der Waals surface area contributed by atoms with Crippen molar-refractivity contribution in [2.75, 3.05) is 43.6 Å². The van der Waals surface area contributed by atoms with E-state index in [1.54, 1.807) is 0 Å². The predicted molar refractivity (Wildman–Crippen MR) is 182 cm³/mol. The Hall–Kier alpha value is -3.50. The Morgan fingerprint density at radius 1 is 1.04 bits per heavy atom. The molecule has 250 valence electrons. The van der Waals surface area contributed by atoms with Crippen molar-refractivity contribution in [2.24, 2.45) is 11.3 Å².